The molecule has 5 aromatic rings. The van der Waals surface area contributed by atoms with Crippen molar-refractivity contribution in [1.82, 2.24) is 35.0 Å². The van der Waals surface area contributed by atoms with Gasteiger partial charge in [-0.15, -0.1) is 20.4 Å². The molecule has 0 unspecified atom stereocenters. The van der Waals surface area contributed by atoms with E-state index in [1.165, 1.54) is 40.6 Å². The van der Waals surface area contributed by atoms with Crippen molar-refractivity contribution in [3.05, 3.63) is 110 Å². The fourth-order valence-corrected chi connectivity index (χ4v) is 12.0. The van der Waals surface area contributed by atoms with Gasteiger partial charge >= 0.3 is 0 Å². The monoisotopic (exact) mass is 889 g/mol. The molecule has 0 radical (unpaired) electrons. The summed E-state index contributed by atoms with van der Waals surface area (Å²) in [4.78, 5) is 14.3. The largest absolute Gasteiger partial charge is 0.455 e. The molecule has 1 aromatic heterocycles. The number of aryl methyl sites for hydroxylation is 2. The third-order valence-corrected chi connectivity index (χ3v) is 15.3. The van der Waals surface area contributed by atoms with E-state index in [0.717, 1.165) is 128 Å². The molecule has 1 amide bonds. The lowest BCUT2D eigenvalue weighted by Crippen LogP contribution is -2.45. The van der Waals surface area contributed by atoms with E-state index >= 15 is 0 Å². The number of hydrogen-bond acceptors (Lipinski definition) is 11. The molecule has 0 saturated carbocycles. The average molecular weight is 890 g/mol. The molecule has 3 N–H and O–H groups in total. The summed E-state index contributed by atoms with van der Waals surface area (Å²) in [7, 11) is -9.11. The quantitative estimate of drug-likeness (QED) is 0.0865. The van der Waals surface area contributed by atoms with E-state index in [2.05, 4.69) is 52.0 Å². The predicted octanol–water partition coefficient (Wildman–Crippen LogP) is 3.77. The van der Waals surface area contributed by atoms with Crippen molar-refractivity contribution in [2.75, 3.05) is 37.6 Å². The normalized spacial score (nSPS) is 16.4. The molecular weight excluding hydrogens is 841 g/mol. The highest BCUT2D eigenvalue weighted by Gasteiger charge is 2.37. The smallest absolute Gasteiger partial charge is 0.295 e. The number of carbonyl (C=O) groups is 1. The summed E-state index contributed by atoms with van der Waals surface area (Å²) >= 11 is 0. The minimum Gasteiger partial charge on any atom is -0.455 e. The summed E-state index contributed by atoms with van der Waals surface area (Å²) in [6, 6.07) is 15.7. The molecule has 5 aliphatic rings. The number of rotatable bonds is 13. The summed E-state index contributed by atoms with van der Waals surface area (Å²) in [5.41, 5.74) is 9.18. The molecule has 15 nitrogen and oxygen atoms in total. The van der Waals surface area contributed by atoms with Crippen LogP contribution >= 0.6 is 0 Å². The summed E-state index contributed by atoms with van der Waals surface area (Å²) in [5, 5.41) is 20.3. The van der Waals surface area contributed by atoms with Crippen molar-refractivity contribution in [3.8, 4) is 22.9 Å². The van der Waals surface area contributed by atoms with E-state index in [0.29, 0.717) is 37.2 Å². The van der Waals surface area contributed by atoms with Crippen LogP contribution in [0.3, 0.4) is 0 Å². The van der Waals surface area contributed by atoms with Gasteiger partial charge in [0.2, 0.25) is 27.1 Å². The van der Waals surface area contributed by atoms with Crippen LogP contribution in [0.15, 0.2) is 70.7 Å². The molecule has 10 rings (SSSR count). The van der Waals surface area contributed by atoms with Crippen LogP contribution in [0.25, 0.3) is 17.0 Å². The first-order valence-corrected chi connectivity index (χ1v) is 24.9. The van der Waals surface area contributed by atoms with E-state index in [4.69, 9.17) is 4.74 Å². The third-order valence-electron chi connectivity index (χ3n) is 13.0. The second-order valence-corrected chi connectivity index (χ2v) is 20.2. The number of ether oxygens (including phenoxy) is 1. The molecule has 0 atom stereocenters. The van der Waals surface area contributed by atoms with Gasteiger partial charge in [0.25, 0.3) is 10.1 Å². The van der Waals surface area contributed by atoms with Gasteiger partial charge < -0.3 is 15.0 Å². The maximum Gasteiger partial charge on any atom is 0.295 e. The van der Waals surface area contributed by atoms with Crippen LogP contribution in [-0.4, -0.2) is 80.4 Å². The van der Waals surface area contributed by atoms with Crippen molar-refractivity contribution in [2.45, 2.75) is 93.4 Å². The van der Waals surface area contributed by atoms with Crippen molar-refractivity contribution >= 4 is 37.3 Å². The van der Waals surface area contributed by atoms with E-state index in [1.54, 1.807) is 0 Å². The number of hydrogen-bond donors (Lipinski definition) is 3. The van der Waals surface area contributed by atoms with Crippen LogP contribution in [0.2, 0.25) is 0 Å². The van der Waals surface area contributed by atoms with Gasteiger partial charge in [0.05, 0.1) is 10.5 Å². The van der Waals surface area contributed by atoms with Crippen LogP contribution in [-0.2, 0) is 57.2 Å². The fourth-order valence-electron chi connectivity index (χ4n) is 10.2. The number of aromatic nitrogens is 4. The lowest BCUT2D eigenvalue weighted by Gasteiger charge is -2.39. The Bertz CT molecular complexity index is 3010. The molecule has 6 heterocycles. The Morgan fingerprint density at radius 1 is 0.794 bits per heavy atom. The lowest BCUT2D eigenvalue weighted by atomic mass is 9.82. The minimum atomic E-state index is -4.93. The van der Waals surface area contributed by atoms with Gasteiger partial charge in [-0.2, -0.15) is 8.42 Å². The van der Waals surface area contributed by atoms with E-state index in [-0.39, 0.29) is 29.3 Å². The number of unbranched alkanes of at least 4 members (excludes halogenated alkanes) is 2. The van der Waals surface area contributed by atoms with Crippen molar-refractivity contribution in [1.29, 1.82) is 0 Å². The van der Waals surface area contributed by atoms with Gasteiger partial charge in [0, 0.05) is 89.7 Å². The van der Waals surface area contributed by atoms with Gasteiger partial charge in [-0.25, -0.2) is 17.7 Å². The summed E-state index contributed by atoms with van der Waals surface area (Å²) < 4.78 is 77.3. The first-order chi connectivity index (χ1) is 30.5. The predicted molar refractivity (Wildman–Crippen MR) is 235 cm³/mol. The number of nitrogens with zero attached hydrogens (tertiary/aromatic N) is 6. The number of amides is 1. The highest BCUT2D eigenvalue weighted by molar-refractivity contribution is 7.89. The van der Waals surface area contributed by atoms with Gasteiger partial charge in [0.1, 0.15) is 29.5 Å². The standard InChI is InChI=1S/C46H48N8O7S2/c55-40(47-27-29-13-15-30(16-14-29)46-51-48-28-49-52-46)12-2-1-3-19-50-62(56,57)33-17-18-34(39(26-33)63(58,59)60)41-37-24-31-8-4-20-53-22-6-10-35(42(31)53)44(37)61-45-36-11-7-23-54-21-5-9-32(43(36)54)25-38(41)45/h13-18,24-26,28,50H,1-12,19-23,27H2,(H-,47,55,58,59,60)/p+1. The molecule has 0 spiro atoms. The van der Waals surface area contributed by atoms with Crippen molar-refractivity contribution < 1.29 is 30.9 Å². The van der Waals surface area contributed by atoms with Crippen LogP contribution in [0.4, 0.5) is 5.69 Å². The topological polar surface area (TPSA) is 197 Å². The molecule has 17 heteroatoms. The molecule has 0 saturated heterocycles. The molecule has 0 fully saturated rings. The molecule has 0 aliphatic carbocycles. The zero-order valence-corrected chi connectivity index (χ0v) is 36.5. The van der Waals surface area contributed by atoms with E-state index < -0.39 is 25.0 Å². The van der Waals surface area contributed by atoms with Crippen LogP contribution in [0.1, 0.15) is 90.3 Å². The second-order valence-electron chi connectivity index (χ2n) is 17.0. The molecule has 63 heavy (non-hydrogen) atoms. The first-order valence-electron chi connectivity index (χ1n) is 21.9. The Labute approximate surface area is 366 Å². The molecule has 326 valence electrons. The highest BCUT2D eigenvalue weighted by atomic mass is 32.2. The summed E-state index contributed by atoms with van der Waals surface area (Å²) in [5.74, 6) is 1.75. The Morgan fingerprint density at radius 2 is 1.54 bits per heavy atom. The summed E-state index contributed by atoms with van der Waals surface area (Å²) in [6.07, 6.45) is 10.5. The number of nitrogens with one attached hydrogen (secondary N) is 2. The average Bonchev–Trinajstić information content (AvgIpc) is 3.29. The number of benzene rings is 4. The van der Waals surface area contributed by atoms with Crippen LogP contribution in [0, 0.1) is 0 Å². The van der Waals surface area contributed by atoms with Gasteiger partial charge in [-0.3, -0.25) is 9.35 Å². The van der Waals surface area contributed by atoms with Crippen molar-refractivity contribution in [3.63, 3.8) is 0 Å². The Morgan fingerprint density at radius 3 is 2.33 bits per heavy atom. The number of carbonyl (C=O) groups excluding carboxylic acids is 1. The minimum absolute atomic E-state index is 0.0840. The lowest BCUT2D eigenvalue weighted by molar-refractivity contribution is -0.121. The van der Waals surface area contributed by atoms with Gasteiger partial charge in [-0.05, 0) is 86.8 Å². The Hall–Kier alpha value is -5.62. The number of anilines is 1. The highest BCUT2D eigenvalue weighted by Crippen LogP contribution is 2.49. The molecular formula is C46H49N8O7S2+. The maximum atomic E-state index is 13.7. The first kappa shape index (κ1) is 41.4. The van der Waals surface area contributed by atoms with Crippen molar-refractivity contribution in [2.24, 2.45) is 0 Å². The van der Waals surface area contributed by atoms with Crippen LogP contribution < -0.4 is 34.8 Å². The van der Waals surface area contributed by atoms with E-state index in [1.807, 2.05) is 24.3 Å². The molecule has 4 aromatic carbocycles. The molecule has 0 bridgehead atoms. The number of fused-ring (bicyclic) bond motifs is 4. The fraction of sp³-hybridized carbons (Fsp3) is 0.391. The number of sulfonamides is 1. The SMILES string of the molecule is O=C(CCCCCNS(=O)(=O)c1ccc(C2=c3cc4c5c(c3Oc3c2cc2c6c3CCCN6CCC2)CCC[N+]=5CCC4)c(S(=O)(=O)O)c1)NCc1ccc(-c2nncnn2)cc1. The van der Waals surface area contributed by atoms with E-state index in [9.17, 15) is 26.2 Å². The summed E-state index contributed by atoms with van der Waals surface area (Å²) in [6.45, 7) is 4.36. The zero-order valence-electron chi connectivity index (χ0n) is 34.9. The Balaban J connectivity index is 0.890. The Kier molecular flexibility index (Phi) is 11.1. The zero-order chi connectivity index (χ0) is 43.3. The van der Waals surface area contributed by atoms with Crippen LogP contribution in [0.5, 0.6) is 11.5 Å². The van der Waals surface area contributed by atoms with Gasteiger partial charge in [0.15, 0.2) is 6.33 Å². The second kappa shape index (κ2) is 16.8. The molecule has 5 aliphatic heterocycles. The van der Waals surface area contributed by atoms with Gasteiger partial charge in [-0.1, -0.05) is 36.8 Å². The maximum absolute atomic E-state index is 13.7. The third kappa shape index (κ3) is 8.00.